The summed E-state index contributed by atoms with van der Waals surface area (Å²) in [6.07, 6.45) is 24.9. The molecule has 1 unspecified atom stereocenters. The summed E-state index contributed by atoms with van der Waals surface area (Å²) >= 11 is 0. The Labute approximate surface area is 155 Å². The molecule has 0 heterocycles. The molecule has 0 aromatic carbocycles. The Bertz CT molecular complexity index is 202. The van der Waals surface area contributed by atoms with E-state index in [2.05, 4.69) is 13.2 Å². The Balaban J connectivity index is 0.00000400. The predicted octanol–water partition coefficient (Wildman–Crippen LogP) is 3.49. The third-order valence-electron chi connectivity index (χ3n) is 4.94. The second-order valence-corrected chi connectivity index (χ2v) is 9.29. The Hall–Kier alpha value is 1.08. The molecule has 1 saturated carbocycles. The molecule has 128 valence electrons. The van der Waals surface area contributed by atoms with Gasteiger partial charge in [0.25, 0.3) is 0 Å². The number of hydrogen-bond acceptors (Lipinski definition) is 0. The zero-order valence-electron chi connectivity index (χ0n) is 14.7. The molecule has 0 amide bonds. The van der Waals surface area contributed by atoms with E-state index in [1.165, 1.54) is 102 Å². The highest BCUT2D eigenvalue weighted by atomic mass is 127. The summed E-state index contributed by atoms with van der Waals surface area (Å²) in [4.78, 5) is 0. The van der Waals surface area contributed by atoms with Gasteiger partial charge in [-0.3, -0.25) is 0 Å². The summed E-state index contributed by atoms with van der Waals surface area (Å²) in [6, 6.07) is 0. The van der Waals surface area contributed by atoms with Crippen molar-refractivity contribution in [2.24, 2.45) is 0 Å². The molecule has 21 heavy (non-hydrogen) atoms. The fourth-order valence-electron chi connectivity index (χ4n) is 3.45. The van der Waals surface area contributed by atoms with Crippen molar-refractivity contribution in [3.8, 4) is 0 Å². The van der Waals surface area contributed by atoms with Crippen LogP contribution in [0.4, 0.5) is 0 Å². The molecule has 0 aromatic rings. The van der Waals surface area contributed by atoms with Crippen molar-refractivity contribution in [1.29, 1.82) is 0 Å². The van der Waals surface area contributed by atoms with Crippen LogP contribution in [0.1, 0.15) is 103 Å². The third kappa shape index (κ3) is 12.2. The van der Waals surface area contributed by atoms with Gasteiger partial charge in [0.15, 0.2) is 0 Å². The van der Waals surface area contributed by atoms with Crippen molar-refractivity contribution in [1.82, 2.24) is 0 Å². The van der Waals surface area contributed by atoms with Gasteiger partial charge in [0.2, 0.25) is 0 Å². The molecular formula is C19H39IS. The lowest BCUT2D eigenvalue weighted by Crippen LogP contribution is -3.00. The quantitative estimate of drug-likeness (QED) is 0.255. The molecule has 0 aliphatic heterocycles. The first-order chi connectivity index (χ1) is 9.84. The molecule has 0 radical (unpaired) electrons. The van der Waals surface area contributed by atoms with Crippen molar-refractivity contribution >= 4 is 10.9 Å². The van der Waals surface area contributed by atoms with Crippen LogP contribution in [0, 0.1) is 0 Å². The monoisotopic (exact) mass is 426 g/mol. The summed E-state index contributed by atoms with van der Waals surface area (Å²) < 4.78 is 0. The van der Waals surface area contributed by atoms with E-state index in [0.717, 1.165) is 16.1 Å². The zero-order valence-corrected chi connectivity index (χ0v) is 17.7. The molecule has 1 atom stereocenters. The van der Waals surface area contributed by atoms with E-state index in [0.29, 0.717) is 0 Å². The summed E-state index contributed by atoms with van der Waals surface area (Å²) in [7, 11) is 0.731. The van der Waals surface area contributed by atoms with Crippen molar-refractivity contribution < 1.29 is 24.0 Å². The van der Waals surface area contributed by atoms with Gasteiger partial charge in [0.1, 0.15) is 11.0 Å². The second-order valence-electron chi connectivity index (χ2n) is 6.84. The van der Waals surface area contributed by atoms with E-state index >= 15 is 0 Å². The van der Waals surface area contributed by atoms with Crippen LogP contribution >= 0.6 is 0 Å². The van der Waals surface area contributed by atoms with Crippen LogP contribution in [-0.4, -0.2) is 17.3 Å². The van der Waals surface area contributed by atoms with Gasteiger partial charge in [-0.25, -0.2) is 0 Å². The average Bonchev–Trinajstić information content (AvgIpc) is 2.50. The number of unbranched alkanes of at least 4 members (excludes halogenated alkanes) is 9. The van der Waals surface area contributed by atoms with Gasteiger partial charge in [-0.2, -0.15) is 0 Å². The first-order valence-electron chi connectivity index (χ1n) is 9.46. The number of hydrogen-bond donors (Lipinski definition) is 0. The Morgan fingerprint density at radius 1 is 0.714 bits per heavy atom. The third-order valence-corrected chi connectivity index (χ3v) is 7.48. The Kier molecular flexibility index (Phi) is 16.8. The first kappa shape index (κ1) is 22.1. The van der Waals surface area contributed by atoms with Gasteiger partial charge in [0, 0.05) is 0 Å². The highest BCUT2D eigenvalue weighted by Gasteiger charge is 2.26. The molecule has 0 N–H and O–H groups in total. The van der Waals surface area contributed by atoms with E-state index in [4.69, 9.17) is 0 Å². The van der Waals surface area contributed by atoms with E-state index in [1.807, 2.05) is 0 Å². The Morgan fingerprint density at radius 2 is 1.19 bits per heavy atom. The lowest BCUT2D eigenvalue weighted by molar-refractivity contribution is -0.00000446. The maximum atomic E-state index is 2.55. The second kappa shape index (κ2) is 16.0. The van der Waals surface area contributed by atoms with E-state index in [9.17, 15) is 0 Å². The van der Waals surface area contributed by atoms with Crippen LogP contribution in [0.15, 0.2) is 0 Å². The Morgan fingerprint density at radius 3 is 1.71 bits per heavy atom. The van der Waals surface area contributed by atoms with Gasteiger partial charge in [0.05, 0.1) is 6.26 Å². The van der Waals surface area contributed by atoms with Crippen molar-refractivity contribution in [2.45, 2.75) is 108 Å². The molecule has 1 rings (SSSR count). The van der Waals surface area contributed by atoms with Crippen molar-refractivity contribution in [3.63, 3.8) is 0 Å². The SMILES string of the molecule is CCCCCCCCCCCC[S+](C)C1CCCCC1.[I-]. The smallest absolute Gasteiger partial charge is 0.118 e. The molecule has 0 bridgehead atoms. The summed E-state index contributed by atoms with van der Waals surface area (Å²) in [5.74, 6) is 1.53. The fraction of sp³-hybridized carbons (Fsp3) is 1.00. The molecule has 1 fully saturated rings. The van der Waals surface area contributed by atoms with Crippen LogP contribution in [0.5, 0.6) is 0 Å². The van der Waals surface area contributed by atoms with Crippen LogP contribution in [-0.2, 0) is 10.9 Å². The minimum atomic E-state index is 0. The highest BCUT2D eigenvalue weighted by Crippen LogP contribution is 2.25. The fourth-order valence-corrected chi connectivity index (χ4v) is 5.58. The molecule has 0 saturated heterocycles. The average molecular weight is 426 g/mol. The van der Waals surface area contributed by atoms with Gasteiger partial charge in [-0.1, -0.05) is 64.7 Å². The standard InChI is InChI=1S/C19H39S.HI/c1-3-4-5-6-7-8-9-10-11-15-18-20(2)19-16-13-12-14-17-19;/h19H,3-18H2,1-2H3;1H/q+1;/p-1. The molecule has 0 nitrogen and oxygen atoms in total. The molecular weight excluding hydrogens is 387 g/mol. The van der Waals surface area contributed by atoms with E-state index < -0.39 is 0 Å². The van der Waals surface area contributed by atoms with Crippen LogP contribution in [0.3, 0.4) is 0 Å². The van der Waals surface area contributed by atoms with Crippen LogP contribution in [0.25, 0.3) is 0 Å². The number of rotatable bonds is 12. The zero-order chi connectivity index (χ0) is 14.5. The van der Waals surface area contributed by atoms with Crippen molar-refractivity contribution in [2.75, 3.05) is 12.0 Å². The van der Waals surface area contributed by atoms with E-state index in [1.54, 1.807) is 0 Å². The lowest BCUT2D eigenvalue weighted by atomic mass is 10.0. The lowest BCUT2D eigenvalue weighted by Gasteiger charge is -2.20. The minimum absolute atomic E-state index is 0. The van der Waals surface area contributed by atoms with Crippen LogP contribution < -0.4 is 24.0 Å². The topological polar surface area (TPSA) is 0 Å². The maximum Gasteiger partial charge on any atom is 0.118 e. The molecule has 1 aliphatic rings. The minimum Gasteiger partial charge on any atom is -1.00 e. The maximum absolute atomic E-state index is 2.55. The number of halogens is 1. The normalized spacial score (nSPS) is 17.4. The van der Waals surface area contributed by atoms with Gasteiger partial charge in [-0.05, 0) is 49.4 Å². The van der Waals surface area contributed by atoms with E-state index in [-0.39, 0.29) is 24.0 Å². The van der Waals surface area contributed by atoms with Crippen molar-refractivity contribution in [3.05, 3.63) is 0 Å². The van der Waals surface area contributed by atoms with Crippen LogP contribution in [0.2, 0.25) is 0 Å². The largest absolute Gasteiger partial charge is 1.00 e. The summed E-state index contributed by atoms with van der Waals surface area (Å²) in [5.41, 5.74) is 0. The highest BCUT2D eigenvalue weighted by molar-refractivity contribution is 7.96. The predicted molar refractivity (Wildman–Crippen MR) is 96.9 cm³/mol. The molecule has 2 heteroatoms. The molecule has 1 aliphatic carbocycles. The first-order valence-corrected chi connectivity index (χ1v) is 11.3. The molecule has 0 spiro atoms. The summed E-state index contributed by atoms with van der Waals surface area (Å²) in [6.45, 7) is 2.30. The van der Waals surface area contributed by atoms with Gasteiger partial charge >= 0.3 is 0 Å². The molecule has 0 aromatic heterocycles. The van der Waals surface area contributed by atoms with Gasteiger partial charge < -0.3 is 24.0 Å². The van der Waals surface area contributed by atoms with Gasteiger partial charge in [-0.15, -0.1) is 0 Å². The summed E-state index contributed by atoms with van der Waals surface area (Å²) in [5, 5.41) is 1.10.